The Labute approximate surface area is 437 Å². The highest BCUT2D eigenvalue weighted by Gasteiger charge is 2.36. The number of carbonyl (C=O) groups is 8. The maximum Gasteiger partial charge on any atom is 0.244 e. The van der Waals surface area contributed by atoms with Crippen molar-refractivity contribution in [1.29, 1.82) is 0 Å². The smallest absolute Gasteiger partial charge is 0.244 e. The van der Waals surface area contributed by atoms with Crippen molar-refractivity contribution in [3.63, 3.8) is 0 Å². The molecule has 1 fully saturated rings. The van der Waals surface area contributed by atoms with Crippen LogP contribution in [0.15, 0.2) is 85.1 Å². The molecule has 8 amide bonds. The minimum atomic E-state index is -1.54. The predicted octanol–water partition coefficient (Wildman–Crippen LogP) is 0.0585. The molecule has 1 aliphatic heterocycles. The quantitative estimate of drug-likeness (QED) is 0.0463. The number of rotatable bonds is 18. The molecular weight excluding hydrogens is 991 g/mol. The van der Waals surface area contributed by atoms with Crippen molar-refractivity contribution in [2.24, 2.45) is 23.1 Å². The number of carbonyl (C=O) groups excluding carboxylic acids is 8. The zero-order chi connectivity index (χ0) is 53.9. The van der Waals surface area contributed by atoms with E-state index in [1.807, 2.05) is 44.2 Å². The summed E-state index contributed by atoms with van der Waals surface area (Å²) < 4.78 is 0. The number of hydrogen-bond acceptors (Lipinski definition) is 14. The van der Waals surface area contributed by atoms with Gasteiger partial charge in [0.05, 0.1) is 12.1 Å². The van der Waals surface area contributed by atoms with E-state index in [0.29, 0.717) is 24.0 Å². The van der Waals surface area contributed by atoms with Crippen LogP contribution in [0.1, 0.15) is 63.1 Å². The van der Waals surface area contributed by atoms with Crippen molar-refractivity contribution < 1.29 is 48.6 Å². The Morgan fingerprint density at radius 2 is 1.31 bits per heavy atom. The molecule has 0 radical (unpaired) electrons. The highest BCUT2D eigenvalue weighted by atomic mass is 33.1. The van der Waals surface area contributed by atoms with Gasteiger partial charge in [0, 0.05) is 41.4 Å². The zero-order valence-corrected chi connectivity index (χ0v) is 43.3. The number of aliphatic hydroxyl groups is 1. The minimum Gasteiger partial charge on any atom is -0.508 e. The van der Waals surface area contributed by atoms with Crippen LogP contribution in [0.4, 0.5) is 0 Å². The number of aromatic amines is 1. The van der Waals surface area contributed by atoms with Crippen LogP contribution in [0.5, 0.6) is 5.75 Å². The molecule has 4 unspecified atom stereocenters. The van der Waals surface area contributed by atoms with Gasteiger partial charge in [0.25, 0.3) is 0 Å². The monoisotopic (exact) mass is 1060 g/mol. The summed E-state index contributed by atoms with van der Waals surface area (Å²) in [4.78, 5) is 116. The number of H-pyrrole nitrogens is 1. The van der Waals surface area contributed by atoms with Crippen molar-refractivity contribution in [3.8, 4) is 5.75 Å². The molecule has 23 heteroatoms. The van der Waals surface area contributed by atoms with E-state index < -0.39 is 102 Å². The van der Waals surface area contributed by atoms with Gasteiger partial charge in [-0.1, -0.05) is 96.1 Å². The fourth-order valence-electron chi connectivity index (χ4n) is 8.15. The molecule has 5 rings (SSSR count). The fraction of sp³-hybridized carbons (Fsp3) is 0.451. The molecule has 16 N–H and O–H groups in total. The van der Waals surface area contributed by atoms with Crippen molar-refractivity contribution in [1.82, 2.24) is 42.2 Å². The molecule has 4 aromatic rings. The summed E-state index contributed by atoms with van der Waals surface area (Å²) in [6.07, 6.45) is 1.20. The van der Waals surface area contributed by atoms with Gasteiger partial charge >= 0.3 is 0 Å². The number of hydrogen-bond donors (Lipinski definition) is 13. The topological polar surface area (TPSA) is 355 Å². The first kappa shape index (κ1) is 58.2. The summed E-state index contributed by atoms with van der Waals surface area (Å²) >= 11 is 0. The second-order valence-electron chi connectivity index (χ2n) is 18.7. The van der Waals surface area contributed by atoms with E-state index in [4.69, 9.17) is 17.2 Å². The number of amides is 8. The number of aliphatic hydroxyl groups excluding tert-OH is 1. The summed E-state index contributed by atoms with van der Waals surface area (Å²) in [5.74, 6) is -7.17. The molecule has 1 saturated heterocycles. The van der Waals surface area contributed by atoms with E-state index >= 15 is 0 Å². The van der Waals surface area contributed by atoms with Crippen molar-refractivity contribution in [2.45, 2.75) is 120 Å². The summed E-state index contributed by atoms with van der Waals surface area (Å²) in [7, 11) is 2.04. The molecule has 0 bridgehead atoms. The molecule has 0 saturated carbocycles. The molecule has 74 heavy (non-hydrogen) atoms. The number of para-hydroxylation sites is 1. The molecule has 21 nitrogen and oxygen atoms in total. The molecule has 9 atom stereocenters. The summed E-state index contributed by atoms with van der Waals surface area (Å²) in [5.41, 5.74) is 20.4. The normalized spacial score (nSPS) is 22.0. The van der Waals surface area contributed by atoms with E-state index in [2.05, 4.69) is 42.2 Å². The first-order chi connectivity index (χ1) is 35.3. The van der Waals surface area contributed by atoms with Crippen LogP contribution in [0.25, 0.3) is 10.9 Å². The SMILES string of the molecule is CC(C)CC1NC(=O)[C@H](CCCCN)NC(=O)C(Cc2c[nH]c3ccccc23)NC(=O)[C@H](Cc2ccc(O)cc2)NC(=O)C(NC(=O)[C@H](N)Cc2ccccc2)CSSCC(C(=O)N[C@H](C(N)=O)[C@@H](C)O)NC1=O. The molecule has 0 aliphatic carbocycles. The van der Waals surface area contributed by atoms with Crippen LogP contribution in [0.3, 0.4) is 0 Å². The standard InChI is InChI=1S/C51H69N11O10S2/c1-28(2)21-38-47(68)61-42(51(72)62-43(29(3)63)44(54)65)27-74-73-26-41(60-45(66)35(53)22-30-11-5-4-6-12-30)50(71)58-39(23-31-16-18-33(64)19-17-31)48(69)59-40(24-32-25-55-36-14-8-7-13-34(32)36)49(70)56-37(46(67)57-38)15-9-10-20-52/h4-8,11-14,16-19,25,28-29,35,37-43,55,63-64H,9-10,15,20-24,26-27,52-53H2,1-3H3,(H2,54,65)(H,56,70)(H,57,67)(H,58,71)(H,59,69)(H,60,66)(H,61,68)(H,62,72)/t29-,35-,37+,38?,39+,40?,41?,42?,43+/m1/s1. The Kier molecular flexibility index (Phi) is 22.6. The van der Waals surface area contributed by atoms with Gasteiger partial charge in [0.15, 0.2) is 0 Å². The van der Waals surface area contributed by atoms with Crippen LogP contribution in [-0.4, -0.2) is 135 Å². The molecule has 3 aromatic carbocycles. The van der Waals surface area contributed by atoms with Crippen molar-refractivity contribution in [3.05, 3.63) is 102 Å². The summed E-state index contributed by atoms with van der Waals surface area (Å²) in [6.45, 7) is 5.17. The number of phenolic OH excluding ortho intramolecular Hbond substituents is 1. The molecule has 0 spiro atoms. The highest BCUT2D eigenvalue weighted by molar-refractivity contribution is 8.76. The maximum absolute atomic E-state index is 14.8. The molecule has 400 valence electrons. The Hall–Kier alpha value is -6.66. The van der Waals surface area contributed by atoms with E-state index in [0.717, 1.165) is 38.1 Å². The number of primary amides is 1. The number of unbranched alkanes of at least 4 members (excludes halogenated alkanes) is 1. The summed E-state index contributed by atoms with van der Waals surface area (Å²) in [5, 5.41) is 40.1. The third-order valence-corrected chi connectivity index (χ3v) is 14.6. The highest BCUT2D eigenvalue weighted by Crippen LogP contribution is 2.25. The van der Waals surface area contributed by atoms with Crippen LogP contribution >= 0.6 is 21.6 Å². The molecular formula is C51H69N11O10S2. The molecule has 1 aromatic heterocycles. The lowest BCUT2D eigenvalue weighted by Gasteiger charge is -2.29. The lowest BCUT2D eigenvalue weighted by atomic mass is 10.00. The number of fused-ring (bicyclic) bond motifs is 1. The fourth-order valence-corrected chi connectivity index (χ4v) is 10.5. The van der Waals surface area contributed by atoms with Crippen LogP contribution in [0.2, 0.25) is 0 Å². The van der Waals surface area contributed by atoms with Gasteiger partial charge in [-0.15, -0.1) is 0 Å². The van der Waals surface area contributed by atoms with E-state index in [1.54, 1.807) is 42.6 Å². The van der Waals surface area contributed by atoms with Crippen LogP contribution in [-0.2, 0) is 57.6 Å². The van der Waals surface area contributed by atoms with Gasteiger partial charge < -0.3 is 69.6 Å². The number of nitrogens with two attached hydrogens (primary N) is 3. The number of aromatic nitrogens is 1. The Bertz CT molecular complexity index is 2550. The van der Waals surface area contributed by atoms with Gasteiger partial charge in [-0.25, -0.2) is 0 Å². The number of benzene rings is 3. The first-order valence-corrected chi connectivity index (χ1v) is 27.0. The van der Waals surface area contributed by atoms with Crippen molar-refractivity contribution >= 4 is 79.7 Å². The van der Waals surface area contributed by atoms with Gasteiger partial charge in [0.2, 0.25) is 47.3 Å². The number of aromatic hydroxyl groups is 1. The van der Waals surface area contributed by atoms with E-state index in [9.17, 15) is 48.6 Å². The van der Waals surface area contributed by atoms with Gasteiger partial charge in [-0.3, -0.25) is 38.4 Å². The zero-order valence-electron chi connectivity index (χ0n) is 41.6. The van der Waals surface area contributed by atoms with Crippen LogP contribution in [0, 0.1) is 5.92 Å². The van der Waals surface area contributed by atoms with Gasteiger partial charge in [-0.2, -0.15) is 0 Å². The largest absolute Gasteiger partial charge is 0.508 e. The maximum atomic E-state index is 14.8. The Morgan fingerprint density at radius 1 is 0.716 bits per heavy atom. The molecule has 1 aliphatic rings. The minimum absolute atomic E-state index is 0.0476. The third kappa shape index (κ3) is 17.8. The summed E-state index contributed by atoms with van der Waals surface area (Å²) in [6, 6.07) is 11.5. The Balaban J connectivity index is 1.59. The van der Waals surface area contributed by atoms with Gasteiger partial charge in [-0.05, 0) is 86.4 Å². The van der Waals surface area contributed by atoms with Crippen LogP contribution < -0.4 is 54.4 Å². The average molecular weight is 1060 g/mol. The average Bonchev–Trinajstić information content (AvgIpc) is 3.77. The van der Waals surface area contributed by atoms with E-state index in [1.165, 1.54) is 19.1 Å². The van der Waals surface area contributed by atoms with Crippen molar-refractivity contribution in [2.75, 3.05) is 18.1 Å². The number of nitrogens with one attached hydrogen (secondary N) is 8. The second kappa shape index (κ2) is 28.7. The Morgan fingerprint density at radius 3 is 1.97 bits per heavy atom. The third-order valence-electron chi connectivity index (χ3n) is 12.2. The molecule has 2 heterocycles. The van der Waals surface area contributed by atoms with Gasteiger partial charge in [0.1, 0.15) is 48.0 Å². The van der Waals surface area contributed by atoms with E-state index in [-0.39, 0.29) is 61.8 Å². The second-order valence-corrected chi connectivity index (χ2v) is 21.3. The number of phenols is 1. The predicted molar refractivity (Wildman–Crippen MR) is 284 cm³/mol. The first-order valence-electron chi connectivity index (χ1n) is 24.5. The lowest BCUT2D eigenvalue weighted by molar-refractivity contribution is -0.136. The lowest BCUT2D eigenvalue weighted by Crippen LogP contribution is -2.61.